The van der Waals surface area contributed by atoms with E-state index < -0.39 is 37.4 Å². The molecule has 0 spiro atoms. The average molecular weight is 450 g/mol. The number of aryl methyl sites for hydroxylation is 1. The maximum absolute atomic E-state index is 13.6. The number of allylic oxidation sites excluding steroid dienone is 1. The largest absolute Gasteiger partial charge is 0.522 e. The summed E-state index contributed by atoms with van der Waals surface area (Å²) in [6, 6.07) is 4.38. The Morgan fingerprint density at radius 3 is 2.80 bits per heavy atom. The van der Waals surface area contributed by atoms with Gasteiger partial charge in [0, 0.05) is 30.4 Å². The number of carbonyl (C=O) groups is 1. The molecule has 30 heavy (non-hydrogen) atoms. The molecule has 0 saturated heterocycles. The SMILES string of the molecule is C=C(CCn1cnc(-c2ccc(Cl)c(F)c2)c1)NC(=O)CO[C@H](C)COC(F)(F)F. The molecular weight excluding hydrogens is 430 g/mol. The lowest BCUT2D eigenvalue weighted by molar-refractivity contribution is -0.330. The van der Waals surface area contributed by atoms with Crippen molar-refractivity contribution >= 4 is 17.5 Å². The standard InChI is InChI=1S/C19H20ClF4N3O3/c1-12(26-18(28)10-29-13(2)9-30-19(22,23)24)5-6-27-8-17(25-11-27)14-3-4-15(20)16(21)7-14/h3-4,7-8,11,13H,1,5-6,9-10H2,2H3,(H,26,28)/t13-/m1/s1. The second-order valence-electron chi connectivity index (χ2n) is 6.41. The summed E-state index contributed by atoms with van der Waals surface area (Å²) in [6.07, 6.45) is -2.01. The van der Waals surface area contributed by atoms with E-state index in [0.717, 1.165) is 0 Å². The van der Waals surface area contributed by atoms with Crippen LogP contribution in [-0.4, -0.2) is 41.1 Å². The van der Waals surface area contributed by atoms with Crippen LogP contribution in [0.4, 0.5) is 17.6 Å². The van der Waals surface area contributed by atoms with Gasteiger partial charge in [-0.05, 0) is 19.1 Å². The average Bonchev–Trinajstić information content (AvgIpc) is 3.14. The van der Waals surface area contributed by atoms with Gasteiger partial charge in [0.25, 0.3) is 0 Å². The van der Waals surface area contributed by atoms with Crippen LogP contribution < -0.4 is 5.32 Å². The maximum atomic E-state index is 13.6. The smallest absolute Gasteiger partial charge is 0.366 e. The number of carbonyl (C=O) groups excluding carboxylic acids is 1. The lowest BCUT2D eigenvalue weighted by Crippen LogP contribution is -2.31. The van der Waals surface area contributed by atoms with Crippen LogP contribution in [0.1, 0.15) is 13.3 Å². The van der Waals surface area contributed by atoms with Gasteiger partial charge in [-0.1, -0.05) is 24.2 Å². The number of alkyl halides is 3. The van der Waals surface area contributed by atoms with E-state index in [1.807, 2.05) is 0 Å². The first-order valence-electron chi connectivity index (χ1n) is 8.80. The van der Waals surface area contributed by atoms with Gasteiger partial charge in [-0.15, -0.1) is 13.2 Å². The van der Waals surface area contributed by atoms with E-state index in [-0.39, 0.29) is 5.02 Å². The number of hydrogen-bond acceptors (Lipinski definition) is 4. The number of hydrogen-bond donors (Lipinski definition) is 1. The van der Waals surface area contributed by atoms with Crippen LogP contribution in [0.3, 0.4) is 0 Å². The van der Waals surface area contributed by atoms with E-state index >= 15 is 0 Å². The Morgan fingerprint density at radius 2 is 2.13 bits per heavy atom. The minimum atomic E-state index is -4.75. The molecule has 1 amide bonds. The second-order valence-corrected chi connectivity index (χ2v) is 6.81. The maximum Gasteiger partial charge on any atom is 0.522 e. The molecule has 2 rings (SSSR count). The number of rotatable bonds is 10. The molecule has 0 aliphatic heterocycles. The van der Waals surface area contributed by atoms with Crippen LogP contribution >= 0.6 is 11.6 Å². The molecule has 164 valence electrons. The van der Waals surface area contributed by atoms with E-state index in [4.69, 9.17) is 16.3 Å². The molecule has 0 radical (unpaired) electrons. The molecular formula is C19H20ClF4N3O3. The number of imidazole rings is 1. The molecule has 0 unspecified atom stereocenters. The number of halogens is 5. The van der Waals surface area contributed by atoms with Crippen molar-refractivity contribution in [2.75, 3.05) is 13.2 Å². The molecule has 1 N–H and O–H groups in total. The van der Waals surface area contributed by atoms with Crippen molar-refractivity contribution in [2.45, 2.75) is 32.4 Å². The van der Waals surface area contributed by atoms with E-state index in [9.17, 15) is 22.4 Å². The summed E-state index contributed by atoms with van der Waals surface area (Å²) in [7, 11) is 0. The first-order chi connectivity index (χ1) is 14.0. The zero-order valence-electron chi connectivity index (χ0n) is 16.0. The third kappa shape index (κ3) is 8.13. The van der Waals surface area contributed by atoms with Crippen LogP contribution in [0.2, 0.25) is 5.02 Å². The fourth-order valence-electron chi connectivity index (χ4n) is 2.32. The summed E-state index contributed by atoms with van der Waals surface area (Å²) in [4.78, 5) is 16.0. The van der Waals surface area contributed by atoms with Gasteiger partial charge in [0.2, 0.25) is 5.91 Å². The summed E-state index contributed by atoms with van der Waals surface area (Å²) in [5.74, 6) is -1.08. The number of aromatic nitrogens is 2. The normalized spacial score (nSPS) is 12.6. The monoisotopic (exact) mass is 449 g/mol. The molecule has 6 nitrogen and oxygen atoms in total. The van der Waals surface area contributed by atoms with Gasteiger partial charge in [0.1, 0.15) is 12.4 Å². The number of nitrogens with one attached hydrogen (secondary N) is 1. The van der Waals surface area contributed by atoms with E-state index in [1.54, 1.807) is 23.2 Å². The molecule has 0 fully saturated rings. The van der Waals surface area contributed by atoms with Crippen molar-refractivity contribution in [2.24, 2.45) is 0 Å². The zero-order chi connectivity index (χ0) is 22.3. The third-order valence-corrected chi connectivity index (χ3v) is 4.12. The van der Waals surface area contributed by atoms with Crippen molar-refractivity contribution in [3.63, 3.8) is 0 Å². The Balaban J connectivity index is 1.73. The molecule has 0 aliphatic rings. The molecule has 0 saturated carbocycles. The Morgan fingerprint density at radius 1 is 1.40 bits per heavy atom. The minimum Gasteiger partial charge on any atom is -0.366 e. The molecule has 1 aromatic heterocycles. The van der Waals surface area contributed by atoms with Crippen LogP contribution in [0.15, 0.2) is 43.0 Å². The topological polar surface area (TPSA) is 65.4 Å². The lowest BCUT2D eigenvalue weighted by atomic mass is 10.2. The second kappa shape index (κ2) is 10.6. The summed E-state index contributed by atoms with van der Waals surface area (Å²) >= 11 is 5.67. The highest BCUT2D eigenvalue weighted by atomic mass is 35.5. The highest BCUT2D eigenvalue weighted by Crippen LogP contribution is 2.23. The lowest BCUT2D eigenvalue weighted by Gasteiger charge is -2.15. The quantitative estimate of drug-likeness (QED) is 0.549. The molecule has 11 heteroatoms. The Labute approximate surface area is 175 Å². The molecule has 1 atom stereocenters. The Kier molecular flexibility index (Phi) is 8.39. The van der Waals surface area contributed by atoms with Crippen molar-refractivity contribution in [1.29, 1.82) is 0 Å². The van der Waals surface area contributed by atoms with Gasteiger partial charge in [0.15, 0.2) is 0 Å². The van der Waals surface area contributed by atoms with Crippen molar-refractivity contribution in [1.82, 2.24) is 14.9 Å². The van der Waals surface area contributed by atoms with Crippen LogP contribution in [0, 0.1) is 5.82 Å². The highest BCUT2D eigenvalue weighted by Gasteiger charge is 2.29. The van der Waals surface area contributed by atoms with Crippen molar-refractivity contribution < 1.29 is 31.8 Å². The van der Waals surface area contributed by atoms with Crippen molar-refractivity contribution in [3.05, 3.63) is 53.8 Å². The van der Waals surface area contributed by atoms with Gasteiger partial charge in [-0.25, -0.2) is 9.37 Å². The van der Waals surface area contributed by atoms with E-state index in [0.29, 0.717) is 29.9 Å². The molecule has 1 heterocycles. The summed E-state index contributed by atoms with van der Waals surface area (Å²) in [5.41, 5.74) is 1.53. The first kappa shape index (κ1) is 23.8. The first-order valence-corrected chi connectivity index (χ1v) is 9.18. The summed E-state index contributed by atoms with van der Waals surface area (Å²) in [6.45, 7) is 4.39. The van der Waals surface area contributed by atoms with E-state index in [2.05, 4.69) is 21.6 Å². The fraction of sp³-hybridized carbons (Fsp3) is 0.368. The number of nitrogens with zero attached hydrogens (tertiary/aromatic N) is 2. The van der Waals surface area contributed by atoms with Gasteiger partial charge in [-0.2, -0.15) is 0 Å². The van der Waals surface area contributed by atoms with Gasteiger partial charge in [-0.3, -0.25) is 9.53 Å². The predicted molar refractivity (Wildman–Crippen MR) is 102 cm³/mol. The van der Waals surface area contributed by atoms with Gasteiger partial charge >= 0.3 is 6.36 Å². The third-order valence-electron chi connectivity index (χ3n) is 3.82. The minimum absolute atomic E-state index is 0.0245. The number of amides is 1. The van der Waals surface area contributed by atoms with Crippen molar-refractivity contribution in [3.8, 4) is 11.3 Å². The molecule has 0 aliphatic carbocycles. The Hall–Kier alpha value is -2.43. The van der Waals surface area contributed by atoms with Gasteiger partial charge in [0.05, 0.1) is 29.8 Å². The van der Waals surface area contributed by atoms with Crippen LogP contribution in [-0.2, 0) is 20.8 Å². The van der Waals surface area contributed by atoms with Crippen LogP contribution in [0.5, 0.6) is 0 Å². The zero-order valence-corrected chi connectivity index (χ0v) is 16.8. The van der Waals surface area contributed by atoms with E-state index in [1.165, 1.54) is 19.1 Å². The molecule has 0 bridgehead atoms. The number of ether oxygens (including phenoxy) is 2. The molecule has 2 aromatic rings. The Bertz CT molecular complexity index is 886. The number of benzene rings is 1. The van der Waals surface area contributed by atoms with Crippen LogP contribution in [0.25, 0.3) is 11.3 Å². The van der Waals surface area contributed by atoms with Gasteiger partial charge < -0.3 is 14.6 Å². The highest BCUT2D eigenvalue weighted by molar-refractivity contribution is 6.30. The fourth-order valence-corrected chi connectivity index (χ4v) is 2.44. The molecule has 1 aromatic carbocycles. The predicted octanol–water partition coefficient (Wildman–Crippen LogP) is 4.30. The summed E-state index contributed by atoms with van der Waals surface area (Å²) in [5, 5.41) is 2.54. The summed E-state index contributed by atoms with van der Waals surface area (Å²) < 4.78 is 59.8.